The molecule has 1 heterocycles. The van der Waals surface area contributed by atoms with Crippen molar-refractivity contribution in [2.75, 3.05) is 0 Å². The average molecular weight is 278 g/mol. The number of halogens is 1. The van der Waals surface area contributed by atoms with Gasteiger partial charge in [0.15, 0.2) is 0 Å². The summed E-state index contributed by atoms with van der Waals surface area (Å²) in [7, 11) is -0.816. The van der Waals surface area contributed by atoms with Crippen molar-refractivity contribution in [1.29, 1.82) is 0 Å². The zero-order valence-electron chi connectivity index (χ0n) is 9.03. The predicted molar refractivity (Wildman–Crippen MR) is 69.7 cm³/mol. The van der Waals surface area contributed by atoms with Crippen LogP contribution in [0.5, 0.6) is 0 Å². The summed E-state index contributed by atoms with van der Waals surface area (Å²) in [6.07, 6.45) is 4.43. The van der Waals surface area contributed by atoms with E-state index in [1.54, 1.807) is 30.2 Å². The molecule has 77 valence electrons. The van der Waals surface area contributed by atoms with E-state index in [2.05, 4.69) is 29.1 Å². The normalized spacial score (nSPS) is 23.3. The smallest absolute Gasteiger partial charge is 0.129 e. The largest absolute Gasteiger partial charge is 0.132 e. The van der Waals surface area contributed by atoms with Crippen molar-refractivity contribution >= 4 is 30.8 Å². The van der Waals surface area contributed by atoms with E-state index in [9.17, 15) is 0 Å². The first-order chi connectivity index (χ1) is 6.22. The maximum atomic E-state index is 3.94. The highest BCUT2D eigenvalue weighted by Gasteiger charge is 2.36. The SMILES string of the molecule is CCC[Si]1(CCC)CCC[Si](Br)C1. The highest BCUT2D eigenvalue weighted by molar-refractivity contribution is 9.24. The molecule has 0 aliphatic carbocycles. The van der Waals surface area contributed by atoms with Crippen molar-refractivity contribution in [3.63, 3.8) is 0 Å². The van der Waals surface area contributed by atoms with Crippen LogP contribution in [0.25, 0.3) is 0 Å². The Bertz CT molecular complexity index is 138. The van der Waals surface area contributed by atoms with Crippen molar-refractivity contribution in [2.24, 2.45) is 0 Å². The Hall–Kier alpha value is 0.914. The van der Waals surface area contributed by atoms with Crippen LogP contribution >= 0.6 is 15.3 Å². The van der Waals surface area contributed by atoms with E-state index in [1.165, 1.54) is 18.9 Å². The van der Waals surface area contributed by atoms with Crippen LogP contribution in [-0.2, 0) is 0 Å². The summed E-state index contributed by atoms with van der Waals surface area (Å²) in [5.74, 6) is 0. The van der Waals surface area contributed by atoms with Crippen molar-refractivity contribution in [1.82, 2.24) is 0 Å². The molecule has 0 saturated carbocycles. The number of rotatable bonds is 4. The van der Waals surface area contributed by atoms with Crippen LogP contribution < -0.4 is 0 Å². The number of hydrogen-bond acceptors (Lipinski definition) is 0. The summed E-state index contributed by atoms with van der Waals surface area (Å²) in [5, 5.41) is 0. The second-order valence-electron chi connectivity index (χ2n) is 4.55. The van der Waals surface area contributed by atoms with Gasteiger partial charge in [0.1, 0.15) is 7.42 Å². The molecule has 0 aromatic carbocycles. The molecule has 0 atom stereocenters. The summed E-state index contributed by atoms with van der Waals surface area (Å²) >= 11 is 3.94. The first kappa shape index (κ1) is 12.0. The van der Waals surface area contributed by atoms with E-state index in [0.717, 1.165) is 0 Å². The first-order valence-electron chi connectivity index (χ1n) is 5.72. The standard InChI is InChI=1S/C10H22BrSi2/c1-3-7-13(8-4-2)9-5-6-12(11)10-13/h3-10H2,1-2H3. The van der Waals surface area contributed by atoms with Gasteiger partial charge in [-0.2, -0.15) is 0 Å². The highest BCUT2D eigenvalue weighted by Crippen LogP contribution is 2.38. The van der Waals surface area contributed by atoms with Crippen LogP contribution in [0.15, 0.2) is 0 Å². The van der Waals surface area contributed by atoms with Gasteiger partial charge in [-0.1, -0.05) is 56.9 Å². The van der Waals surface area contributed by atoms with Gasteiger partial charge >= 0.3 is 0 Å². The Morgan fingerprint density at radius 1 is 1.23 bits per heavy atom. The Labute approximate surface area is 93.7 Å². The van der Waals surface area contributed by atoms with Gasteiger partial charge in [0.05, 0.1) is 8.07 Å². The molecule has 1 rings (SSSR count). The molecular formula is C10H22BrSi2. The molecule has 1 saturated heterocycles. The fraction of sp³-hybridized carbons (Fsp3) is 1.00. The van der Waals surface area contributed by atoms with Crippen LogP contribution in [0.3, 0.4) is 0 Å². The zero-order chi connectivity index (χ0) is 9.73. The lowest BCUT2D eigenvalue weighted by Crippen LogP contribution is -2.40. The Kier molecular flexibility index (Phi) is 5.27. The van der Waals surface area contributed by atoms with E-state index in [1.807, 2.05) is 0 Å². The molecule has 0 aromatic rings. The first-order valence-corrected chi connectivity index (χ1v) is 12.7. The van der Waals surface area contributed by atoms with Gasteiger partial charge < -0.3 is 0 Å². The second-order valence-corrected chi connectivity index (χ2v) is 15.4. The van der Waals surface area contributed by atoms with Crippen LogP contribution in [-0.4, -0.2) is 15.5 Å². The fourth-order valence-corrected chi connectivity index (χ4v) is 19.8. The maximum Gasteiger partial charge on any atom is 0.132 e. The van der Waals surface area contributed by atoms with E-state index < -0.39 is 8.07 Å². The Balaban J connectivity index is 2.53. The summed E-state index contributed by atoms with van der Waals surface area (Å²) < 4.78 is 0. The topological polar surface area (TPSA) is 0 Å². The lowest BCUT2D eigenvalue weighted by molar-refractivity contribution is 0.903. The summed E-state index contributed by atoms with van der Waals surface area (Å²) in [6.45, 7) is 4.75. The minimum atomic E-state index is -0.747. The van der Waals surface area contributed by atoms with Crippen LogP contribution in [0.4, 0.5) is 0 Å². The monoisotopic (exact) mass is 277 g/mol. The van der Waals surface area contributed by atoms with E-state index in [-0.39, 0.29) is 7.42 Å². The van der Waals surface area contributed by atoms with Crippen molar-refractivity contribution < 1.29 is 0 Å². The molecule has 13 heavy (non-hydrogen) atoms. The van der Waals surface area contributed by atoms with Crippen LogP contribution in [0, 0.1) is 0 Å². The highest BCUT2D eigenvalue weighted by atomic mass is 79.9. The molecule has 0 bridgehead atoms. The summed E-state index contributed by atoms with van der Waals surface area (Å²) in [6, 6.07) is 6.41. The van der Waals surface area contributed by atoms with Gasteiger partial charge in [-0.05, 0) is 6.04 Å². The van der Waals surface area contributed by atoms with Crippen LogP contribution in [0.2, 0.25) is 29.8 Å². The van der Waals surface area contributed by atoms with Gasteiger partial charge in [0.2, 0.25) is 0 Å². The van der Waals surface area contributed by atoms with Crippen molar-refractivity contribution in [2.45, 2.75) is 63.0 Å². The maximum absolute atomic E-state index is 3.94. The lowest BCUT2D eigenvalue weighted by atomic mass is 10.5. The molecule has 0 spiro atoms. The summed E-state index contributed by atoms with van der Waals surface area (Å²) in [5.41, 5.74) is 1.67. The van der Waals surface area contributed by atoms with E-state index in [0.29, 0.717) is 0 Å². The zero-order valence-corrected chi connectivity index (χ0v) is 12.6. The molecule has 3 heteroatoms. The molecule has 1 fully saturated rings. The Morgan fingerprint density at radius 2 is 1.85 bits per heavy atom. The van der Waals surface area contributed by atoms with Gasteiger partial charge in [-0.25, -0.2) is 0 Å². The van der Waals surface area contributed by atoms with Gasteiger partial charge in [0.25, 0.3) is 0 Å². The van der Waals surface area contributed by atoms with Gasteiger partial charge in [0, 0.05) is 0 Å². The minimum Gasteiger partial charge on any atom is -0.129 e. The average Bonchev–Trinajstić information content (AvgIpc) is 2.04. The number of hydrogen-bond donors (Lipinski definition) is 0. The third-order valence-electron chi connectivity index (χ3n) is 3.28. The third kappa shape index (κ3) is 3.52. The Morgan fingerprint density at radius 3 is 2.31 bits per heavy atom. The second kappa shape index (κ2) is 5.71. The predicted octanol–water partition coefficient (Wildman–Crippen LogP) is 4.58. The molecule has 0 amide bonds. The fourth-order valence-electron chi connectivity index (χ4n) is 2.85. The summed E-state index contributed by atoms with van der Waals surface area (Å²) in [4.78, 5) is 0. The van der Waals surface area contributed by atoms with Gasteiger partial charge in [-0.15, -0.1) is 15.3 Å². The molecule has 0 N–H and O–H groups in total. The van der Waals surface area contributed by atoms with Crippen molar-refractivity contribution in [3.8, 4) is 0 Å². The quantitative estimate of drug-likeness (QED) is 0.521. The third-order valence-corrected chi connectivity index (χ3v) is 17.0. The lowest BCUT2D eigenvalue weighted by Gasteiger charge is -2.37. The molecule has 1 aliphatic rings. The van der Waals surface area contributed by atoms with Crippen molar-refractivity contribution in [3.05, 3.63) is 0 Å². The molecule has 0 aromatic heterocycles. The van der Waals surface area contributed by atoms with E-state index in [4.69, 9.17) is 0 Å². The molecule has 0 nitrogen and oxygen atoms in total. The van der Waals surface area contributed by atoms with Gasteiger partial charge in [-0.3, -0.25) is 0 Å². The molecule has 1 radical (unpaired) electrons. The molecule has 1 aliphatic heterocycles. The minimum absolute atomic E-state index is 0.0684. The van der Waals surface area contributed by atoms with Crippen LogP contribution in [0.1, 0.15) is 33.1 Å². The molecular weight excluding hydrogens is 256 g/mol. The molecule has 0 unspecified atom stereocenters. The van der Waals surface area contributed by atoms with E-state index >= 15 is 0 Å².